The van der Waals surface area contributed by atoms with Crippen LogP contribution >= 0.6 is 0 Å². The summed E-state index contributed by atoms with van der Waals surface area (Å²) < 4.78 is 0. The number of nitrogens with one attached hydrogen (secondary N) is 3. The van der Waals surface area contributed by atoms with E-state index in [1.807, 2.05) is 39.0 Å². The molecule has 6 nitrogen and oxygen atoms in total. The standard InChI is InChI=1S/C21H27N3O3/c1-4-22-20(26)17-10-5-14(2)19(13-17)24-21(27)23-15(3)6-7-16-8-11-18(25)12-9-16/h5,8-13,15,25H,4,6-7H2,1-3H3,(H,22,26)(H2,23,24,27)/t15-/m1/s1. The van der Waals surface area contributed by atoms with Gasteiger partial charge in [-0.05, 0) is 69.0 Å². The molecule has 0 spiro atoms. The number of amides is 3. The largest absolute Gasteiger partial charge is 0.508 e. The summed E-state index contributed by atoms with van der Waals surface area (Å²) in [5.74, 6) is 0.0812. The molecular weight excluding hydrogens is 342 g/mol. The molecule has 4 N–H and O–H groups in total. The second kappa shape index (κ2) is 9.62. The zero-order valence-corrected chi connectivity index (χ0v) is 16.0. The number of benzene rings is 2. The van der Waals surface area contributed by atoms with E-state index in [-0.39, 0.29) is 23.7 Å². The predicted octanol–water partition coefficient (Wildman–Crippen LogP) is 3.59. The highest BCUT2D eigenvalue weighted by Crippen LogP contribution is 2.17. The summed E-state index contributed by atoms with van der Waals surface area (Å²) in [6.07, 6.45) is 1.57. The number of anilines is 1. The van der Waals surface area contributed by atoms with E-state index in [0.717, 1.165) is 24.0 Å². The molecule has 0 radical (unpaired) electrons. The number of carbonyl (C=O) groups excluding carboxylic acids is 2. The molecule has 0 aliphatic rings. The Balaban J connectivity index is 1.89. The Morgan fingerprint density at radius 3 is 2.48 bits per heavy atom. The lowest BCUT2D eigenvalue weighted by Gasteiger charge is -2.16. The van der Waals surface area contributed by atoms with Gasteiger partial charge in [0.05, 0.1) is 0 Å². The molecule has 1 atom stereocenters. The van der Waals surface area contributed by atoms with Gasteiger partial charge in [0.1, 0.15) is 5.75 Å². The van der Waals surface area contributed by atoms with Crippen LogP contribution in [0.4, 0.5) is 10.5 Å². The highest BCUT2D eigenvalue weighted by molar-refractivity contribution is 5.97. The molecule has 0 saturated heterocycles. The number of carbonyl (C=O) groups is 2. The van der Waals surface area contributed by atoms with E-state index >= 15 is 0 Å². The first-order valence-electron chi connectivity index (χ1n) is 9.13. The Bertz CT molecular complexity index is 788. The van der Waals surface area contributed by atoms with Crippen molar-refractivity contribution in [3.8, 4) is 5.75 Å². The van der Waals surface area contributed by atoms with Crippen LogP contribution in [0, 0.1) is 6.92 Å². The van der Waals surface area contributed by atoms with Crippen molar-refractivity contribution in [3.63, 3.8) is 0 Å². The first-order valence-corrected chi connectivity index (χ1v) is 9.13. The first-order chi connectivity index (χ1) is 12.9. The van der Waals surface area contributed by atoms with Crippen molar-refractivity contribution < 1.29 is 14.7 Å². The Morgan fingerprint density at radius 1 is 1.11 bits per heavy atom. The van der Waals surface area contributed by atoms with Gasteiger partial charge < -0.3 is 21.1 Å². The third-order valence-electron chi connectivity index (χ3n) is 4.27. The minimum Gasteiger partial charge on any atom is -0.508 e. The Labute approximate surface area is 160 Å². The Kier molecular flexibility index (Phi) is 7.23. The molecule has 0 saturated carbocycles. The summed E-state index contributed by atoms with van der Waals surface area (Å²) in [6.45, 7) is 6.23. The van der Waals surface area contributed by atoms with Gasteiger partial charge in [0.2, 0.25) is 0 Å². The first kappa shape index (κ1) is 20.3. The van der Waals surface area contributed by atoms with Crippen LogP contribution in [0.25, 0.3) is 0 Å². The molecule has 144 valence electrons. The molecule has 0 heterocycles. The molecule has 3 amide bonds. The fraction of sp³-hybridized carbons (Fsp3) is 0.333. The monoisotopic (exact) mass is 369 g/mol. The van der Waals surface area contributed by atoms with E-state index in [0.29, 0.717) is 17.8 Å². The van der Waals surface area contributed by atoms with Gasteiger partial charge in [0, 0.05) is 23.8 Å². The van der Waals surface area contributed by atoms with Crippen molar-refractivity contribution in [2.75, 3.05) is 11.9 Å². The molecule has 0 bridgehead atoms. The fourth-order valence-corrected chi connectivity index (χ4v) is 2.66. The van der Waals surface area contributed by atoms with Gasteiger partial charge in [0.15, 0.2) is 0 Å². The average Bonchev–Trinajstić information content (AvgIpc) is 2.63. The van der Waals surface area contributed by atoms with E-state index < -0.39 is 0 Å². The number of rotatable bonds is 7. The van der Waals surface area contributed by atoms with Crippen molar-refractivity contribution in [3.05, 3.63) is 59.2 Å². The maximum Gasteiger partial charge on any atom is 0.319 e. The van der Waals surface area contributed by atoms with Crippen molar-refractivity contribution in [1.29, 1.82) is 0 Å². The molecule has 2 rings (SSSR count). The third kappa shape index (κ3) is 6.33. The summed E-state index contributed by atoms with van der Waals surface area (Å²) in [5.41, 5.74) is 3.11. The number of aromatic hydroxyl groups is 1. The maximum atomic E-state index is 12.3. The van der Waals surface area contributed by atoms with E-state index in [1.54, 1.807) is 24.3 Å². The molecular formula is C21H27N3O3. The lowest BCUT2D eigenvalue weighted by molar-refractivity contribution is 0.0956. The third-order valence-corrected chi connectivity index (χ3v) is 4.27. The van der Waals surface area contributed by atoms with Gasteiger partial charge >= 0.3 is 6.03 Å². The number of phenols is 1. The SMILES string of the molecule is CCNC(=O)c1ccc(C)c(NC(=O)N[C@H](C)CCc2ccc(O)cc2)c1. The van der Waals surface area contributed by atoms with E-state index in [4.69, 9.17) is 0 Å². The van der Waals surface area contributed by atoms with Gasteiger partial charge in [-0.25, -0.2) is 4.79 Å². The van der Waals surface area contributed by atoms with Crippen LogP contribution < -0.4 is 16.0 Å². The number of hydrogen-bond acceptors (Lipinski definition) is 3. The minimum absolute atomic E-state index is 0.0225. The van der Waals surface area contributed by atoms with Gasteiger partial charge in [-0.3, -0.25) is 4.79 Å². The Morgan fingerprint density at radius 2 is 1.81 bits per heavy atom. The fourth-order valence-electron chi connectivity index (χ4n) is 2.66. The quantitative estimate of drug-likeness (QED) is 0.601. The van der Waals surface area contributed by atoms with E-state index in [2.05, 4.69) is 16.0 Å². The molecule has 0 aliphatic heterocycles. The number of aryl methyl sites for hydroxylation is 2. The Hall–Kier alpha value is -3.02. The molecule has 6 heteroatoms. The zero-order valence-electron chi connectivity index (χ0n) is 16.0. The summed E-state index contributed by atoms with van der Waals surface area (Å²) in [4.78, 5) is 24.2. The zero-order chi connectivity index (χ0) is 19.8. The summed E-state index contributed by atoms with van der Waals surface area (Å²) >= 11 is 0. The molecule has 2 aromatic carbocycles. The van der Waals surface area contributed by atoms with Crippen LogP contribution in [0.5, 0.6) is 5.75 Å². The summed E-state index contributed by atoms with van der Waals surface area (Å²) in [6, 6.07) is 12.0. The smallest absolute Gasteiger partial charge is 0.319 e. The maximum absolute atomic E-state index is 12.3. The van der Waals surface area contributed by atoms with Crippen LogP contribution in [0.1, 0.15) is 41.8 Å². The average molecular weight is 369 g/mol. The minimum atomic E-state index is -0.302. The summed E-state index contributed by atoms with van der Waals surface area (Å²) in [7, 11) is 0. The van der Waals surface area contributed by atoms with Crippen LogP contribution in [0.2, 0.25) is 0 Å². The second-order valence-corrected chi connectivity index (χ2v) is 6.59. The van der Waals surface area contributed by atoms with Crippen molar-refractivity contribution in [1.82, 2.24) is 10.6 Å². The number of urea groups is 1. The molecule has 0 aromatic heterocycles. The van der Waals surface area contributed by atoms with E-state index in [9.17, 15) is 14.7 Å². The molecule has 0 aliphatic carbocycles. The van der Waals surface area contributed by atoms with Crippen molar-refractivity contribution in [2.24, 2.45) is 0 Å². The molecule has 2 aromatic rings. The van der Waals surface area contributed by atoms with Crippen molar-refractivity contribution >= 4 is 17.6 Å². The number of hydrogen-bond donors (Lipinski definition) is 4. The topological polar surface area (TPSA) is 90.5 Å². The van der Waals surface area contributed by atoms with Crippen LogP contribution in [-0.2, 0) is 6.42 Å². The molecule has 0 unspecified atom stereocenters. The molecule has 0 fully saturated rings. The second-order valence-electron chi connectivity index (χ2n) is 6.59. The highest BCUT2D eigenvalue weighted by atomic mass is 16.3. The van der Waals surface area contributed by atoms with Gasteiger partial charge in [0.25, 0.3) is 5.91 Å². The highest BCUT2D eigenvalue weighted by Gasteiger charge is 2.11. The predicted molar refractivity (Wildman–Crippen MR) is 107 cm³/mol. The summed E-state index contributed by atoms with van der Waals surface area (Å²) in [5, 5.41) is 17.8. The van der Waals surface area contributed by atoms with Crippen LogP contribution in [-0.4, -0.2) is 29.6 Å². The van der Waals surface area contributed by atoms with Gasteiger partial charge in [-0.2, -0.15) is 0 Å². The van der Waals surface area contributed by atoms with E-state index in [1.165, 1.54) is 0 Å². The van der Waals surface area contributed by atoms with Crippen molar-refractivity contribution in [2.45, 2.75) is 39.7 Å². The van der Waals surface area contributed by atoms with Gasteiger partial charge in [-0.1, -0.05) is 18.2 Å². The number of phenolic OH excluding ortho intramolecular Hbond substituents is 1. The normalized spacial score (nSPS) is 11.5. The van der Waals surface area contributed by atoms with Crippen LogP contribution in [0.3, 0.4) is 0 Å². The van der Waals surface area contributed by atoms with Gasteiger partial charge in [-0.15, -0.1) is 0 Å². The lowest BCUT2D eigenvalue weighted by Crippen LogP contribution is -2.36. The molecule has 27 heavy (non-hydrogen) atoms. The lowest BCUT2D eigenvalue weighted by atomic mass is 10.1. The van der Waals surface area contributed by atoms with Crippen LogP contribution in [0.15, 0.2) is 42.5 Å².